The van der Waals surface area contributed by atoms with Crippen LogP contribution in [-0.2, 0) is 39.5 Å². The van der Waals surface area contributed by atoms with Crippen molar-refractivity contribution in [2.45, 2.75) is 67.8 Å². The zero-order chi connectivity index (χ0) is 25.5. The summed E-state index contributed by atoms with van der Waals surface area (Å²) >= 11 is 0. The van der Waals surface area contributed by atoms with Crippen LogP contribution in [0, 0.1) is 0 Å². The van der Waals surface area contributed by atoms with Crippen LogP contribution >= 0.6 is 0 Å². The molecule has 0 unspecified atom stereocenters. The molecule has 0 N–H and O–H groups in total. The van der Waals surface area contributed by atoms with Gasteiger partial charge in [0.2, 0.25) is 20.9 Å². The molecule has 0 atom stereocenters. The Morgan fingerprint density at radius 2 is 1.69 bits per heavy atom. The molecule has 2 saturated carbocycles. The van der Waals surface area contributed by atoms with Gasteiger partial charge in [0, 0.05) is 12.1 Å². The van der Waals surface area contributed by atoms with Crippen LogP contribution in [0.3, 0.4) is 0 Å². The normalized spacial score (nSPS) is 16.2. The molecule has 2 aromatic carbocycles. The first-order valence-electron chi connectivity index (χ1n) is 11.9. The molecule has 0 bridgehead atoms. The Morgan fingerprint density at radius 3 is 2.33 bits per heavy atom. The molecule has 190 valence electrons. The maximum atomic E-state index is 13.3. The molecular formula is C26H26F3N3O3S. The van der Waals surface area contributed by atoms with Gasteiger partial charge in [-0.2, -0.15) is 13.2 Å². The van der Waals surface area contributed by atoms with E-state index >= 15 is 0 Å². The van der Waals surface area contributed by atoms with E-state index in [1.54, 1.807) is 9.47 Å². The third kappa shape index (κ3) is 5.48. The Bertz CT molecular complexity index is 1360. The summed E-state index contributed by atoms with van der Waals surface area (Å²) in [5, 5.41) is -0.149. The smallest absolute Gasteiger partial charge is 0.334 e. The molecule has 2 aliphatic rings. The number of amides is 1. The van der Waals surface area contributed by atoms with Crippen molar-refractivity contribution < 1.29 is 26.4 Å². The highest BCUT2D eigenvalue weighted by Crippen LogP contribution is 2.40. The van der Waals surface area contributed by atoms with Crippen LogP contribution in [0.25, 0.3) is 0 Å². The first kappa shape index (κ1) is 24.5. The summed E-state index contributed by atoms with van der Waals surface area (Å²) in [5.41, 5.74) is 0.703. The van der Waals surface area contributed by atoms with Gasteiger partial charge in [-0.15, -0.1) is 0 Å². The number of hydrogen-bond donors (Lipinski definition) is 0. The van der Waals surface area contributed by atoms with Crippen molar-refractivity contribution in [3.8, 4) is 0 Å². The molecule has 36 heavy (non-hydrogen) atoms. The van der Waals surface area contributed by atoms with Crippen molar-refractivity contribution in [2.75, 3.05) is 0 Å². The predicted molar refractivity (Wildman–Crippen MR) is 127 cm³/mol. The van der Waals surface area contributed by atoms with E-state index in [4.69, 9.17) is 0 Å². The number of carbonyl (C=O) groups excluding carboxylic acids is 1. The van der Waals surface area contributed by atoms with E-state index in [0.29, 0.717) is 5.69 Å². The third-order valence-corrected chi connectivity index (χ3v) is 8.05. The van der Waals surface area contributed by atoms with Gasteiger partial charge in [0.05, 0.1) is 36.2 Å². The van der Waals surface area contributed by atoms with E-state index in [0.717, 1.165) is 43.4 Å². The highest BCUT2D eigenvalue weighted by molar-refractivity contribution is 7.90. The monoisotopic (exact) mass is 517 g/mol. The van der Waals surface area contributed by atoms with Crippen LogP contribution < -0.4 is 0 Å². The van der Waals surface area contributed by atoms with Crippen molar-refractivity contribution >= 4 is 15.7 Å². The zero-order valence-corrected chi connectivity index (χ0v) is 20.3. The van der Waals surface area contributed by atoms with Gasteiger partial charge in [-0.3, -0.25) is 4.79 Å². The molecule has 1 amide bonds. The first-order valence-corrected chi connectivity index (χ1v) is 13.6. The summed E-state index contributed by atoms with van der Waals surface area (Å²) in [6, 6.07) is 13.9. The summed E-state index contributed by atoms with van der Waals surface area (Å²) < 4.78 is 67.6. The molecule has 1 aromatic heterocycles. The summed E-state index contributed by atoms with van der Waals surface area (Å²) in [4.78, 5) is 19.1. The first-order chi connectivity index (χ1) is 17.1. The topological polar surface area (TPSA) is 72.3 Å². The minimum atomic E-state index is -4.56. The van der Waals surface area contributed by atoms with Crippen LogP contribution in [0.1, 0.15) is 54.1 Å². The number of benzene rings is 2. The summed E-state index contributed by atoms with van der Waals surface area (Å²) in [7, 11) is -4.02. The summed E-state index contributed by atoms with van der Waals surface area (Å²) in [6.45, 7) is 0.249. The molecular weight excluding hydrogens is 491 g/mol. The lowest BCUT2D eigenvalue weighted by Crippen LogP contribution is -2.34. The quantitative estimate of drug-likeness (QED) is 0.403. The molecule has 0 radical (unpaired) electrons. The molecule has 6 nitrogen and oxygen atoms in total. The van der Waals surface area contributed by atoms with Crippen molar-refractivity contribution in [3.05, 3.63) is 83.2 Å². The molecule has 2 aliphatic carbocycles. The average Bonchev–Trinajstić information content (AvgIpc) is 3.76. The van der Waals surface area contributed by atoms with E-state index in [9.17, 15) is 26.4 Å². The number of halogens is 3. The number of imidazole rings is 1. The fraction of sp³-hybridized carbons (Fsp3) is 0.385. The molecule has 5 rings (SSSR count). The lowest BCUT2D eigenvalue weighted by atomic mass is 10.1. The molecule has 3 aromatic rings. The van der Waals surface area contributed by atoms with Gasteiger partial charge in [0.1, 0.15) is 0 Å². The Morgan fingerprint density at radius 1 is 1.00 bits per heavy atom. The largest absolute Gasteiger partial charge is 0.416 e. The van der Waals surface area contributed by atoms with E-state index in [1.165, 1.54) is 18.3 Å². The Balaban J connectivity index is 1.40. The van der Waals surface area contributed by atoms with Crippen LogP contribution in [-0.4, -0.2) is 34.8 Å². The van der Waals surface area contributed by atoms with E-state index < -0.39 is 27.3 Å². The predicted octanol–water partition coefficient (Wildman–Crippen LogP) is 4.94. The van der Waals surface area contributed by atoms with Gasteiger partial charge in [0.15, 0.2) is 0 Å². The lowest BCUT2D eigenvalue weighted by molar-refractivity contribution is -0.137. The van der Waals surface area contributed by atoms with Gasteiger partial charge in [-0.1, -0.05) is 48.5 Å². The van der Waals surface area contributed by atoms with Crippen molar-refractivity contribution in [3.63, 3.8) is 0 Å². The Kier molecular flexibility index (Phi) is 6.40. The number of sulfone groups is 1. The third-order valence-electron chi connectivity index (χ3n) is 6.48. The SMILES string of the molecule is O=C(Cc1ccccc1)N(Cc1cnc(S(=O)(=O)Cc2cccc(C(F)(F)F)c2)n1C1CC1)C1CC1. The van der Waals surface area contributed by atoms with Crippen molar-refractivity contribution in [1.29, 1.82) is 0 Å². The fourth-order valence-corrected chi connectivity index (χ4v) is 5.95. The fourth-order valence-electron chi connectivity index (χ4n) is 4.42. The second kappa shape index (κ2) is 9.38. The second-order valence-corrected chi connectivity index (χ2v) is 11.4. The number of aromatic nitrogens is 2. The minimum absolute atomic E-state index is 0.0272. The maximum absolute atomic E-state index is 13.3. The molecule has 0 saturated heterocycles. The summed E-state index contributed by atoms with van der Waals surface area (Å²) in [6.07, 6.45) is 0.571. The van der Waals surface area contributed by atoms with Gasteiger partial charge in [0.25, 0.3) is 0 Å². The molecule has 0 spiro atoms. The maximum Gasteiger partial charge on any atom is 0.416 e. The van der Waals surface area contributed by atoms with Crippen LogP contribution in [0.15, 0.2) is 66.0 Å². The van der Waals surface area contributed by atoms with E-state index in [1.807, 2.05) is 30.3 Å². The minimum Gasteiger partial charge on any atom is -0.334 e. The molecule has 0 aliphatic heterocycles. The molecule has 10 heteroatoms. The van der Waals surface area contributed by atoms with Crippen LogP contribution in [0.5, 0.6) is 0 Å². The number of carbonyl (C=O) groups is 1. The zero-order valence-electron chi connectivity index (χ0n) is 19.5. The number of alkyl halides is 3. The molecule has 1 heterocycles. The number of hydrogen-bond acceptors (Lipinski definition) is 4. The van der Waals surface area contributed by atoms with E-state index in [-0.39, 0.29) is 41.7 Å². The van der Waals surface area contributed by atoms with Crippen LogP contribution in [0.4, 0.5) is 13.2 Å². The van der Waals surface area contributed by atoms with Gasteiger partial charge < -0.3 is 9.47 Å². The Labute approximate surface area is 207 Å². The van der Waals surface area contributed by atoms with E-state index in [2.05, 4.69) is 4.98 Å². The van der Waals surface area contributed by atoms with Crippen molar-refractivity contribution in [1.82, 2.24) is 14.5 Å². The second-order valence-electron chi connectivity index (χ2n) is 9.51. The highest BCUT2D eigenvalue weighted by atomic mass is 32.2. The average molecular weight is 518 g/mol. The highest BCUT2D eigenvalue weighted by Gasteiger charge is 2.37. The lowest BCUT2D eigenvalue weighted by Gasteiger charge is -2.23. The molecule has 2 fully saturated rings. The van der Waals surface area contributed by atoms with Crippen molar-refractivity contribution in [2.24, 2.45) is 0 Å². The van der Waals surface area contributed by atoms with Gasteiger partial charge in [-0.25, -0.2) is 13.4 Å². The van der Waals surface area contributed by atoms with Crippen LogP contribution in [0.2, 0.25) is 0 Å². The van der Waals surface area contributed by atoms with Gasteiger partial charge >= 0.3 is 6.18 Å². The number of nitrogens with zero attached hydrogens (tertiary/aromatic N) is 3. The number of rotatable bonds is 9. The standard InChI is InChI=1S/C26H26F3N3O3S/c27-26(28,29)20-8-4-7-19(13-20)17-36(34,35)25-30-15-23(32(25)22-11-12-22)16-31(21-9-10-21)24(33)14-18-5-2-1-3-6-18/h1-8,13,15,21-22H,9-12,14,16-17H2. The Hall–Kier alpha value is -3.14. The van der Waals surface area contributed by atoms with Gasteiger partial charge in [-0.05, 0) is 42.9 Å². The summed E-state index contributed by atoms with van der Waals surface area (Å²) in [5.74, 6) is -0.611.